The summed E-state index contributed by atoms with van der Waals surface area (Å²) in [4.78, 5) is 0. The molecule has 0 spiro atoms. The lowest BCUT2D eigenvalue weighted by Gasteiger charge is -2.35. The zero-order chi connectivity index (χ0) is 32.5. The van der Waals surface area contributed by atoms with Crippen LogP contribution in [0.25, 0.3) is 17.2 Å². The number of allylic oxidation sites excluding steroid dienone is 9. The quantitative estimate of drug-likeness (QED) is 0.146. The first-order valence-electron chi connectivity index (χ1n) is 17.5. The second-order valence-corrected chi connectivity index (χ2v) is 13.5. The van der Waals surface area contributed by atoms with Crippen molar-refractivity contribution in [3.63, 3.8) is 0 Å². The Morgan fingerprint density at radius 3 is 2.21 bits per heavy atom. The Hall–Kier alpha value is -4.68. The second kappa shape index (κ2) is 12.8. The highest BCUT2D eigenvalue weighted by Crippen LogP contribution is 2.58. The summed E-state index contributed by atoms with van der Waals surface area (Å²) >= 11 is 0. The van der Waals surface area contributed by atoms with Crippen LogP contribution in [0, 0.1) is 6.92 Å². The predicted octanol–water partition coefficient (Wildman–Crippen LogP) is 12.4. The molecule has 3 aliphatic carbocycles. The number of fused-ring (bicyclic) bond motifs is 5. The molecule has 4 aromatic carbocycles. The Balaban J connectivity index is 1.47. The average Bonchev–Trinajstić information content (AvgIpc) is 3.40. The number of rotatable bonds is 9. The van der Waals surface area contributed by atoms with Gasteiger partial charge in [-0.3, -0.25) is 0 Å². The van der Waals surface area contributed by atoms with Crippen LogP contribution in [0.2, 0.25) is 0 Å². The summed E-state index contributed by atoms with van der Waals surface area (Å²) in [5.41, 5.74) is 20.5. The molecule has 0 atom stereocenters. The van der Waals surface area contributed by atoms with Crippen molar-refractivity contribution in [3.8, 4) is 11.1 Å². The van der Waals surface area contributed by atoms with Crippen molar-refractivity contribution >= 4 is 6.08 Å². The smallest absolute Gasteiger partial charge is 0.0713 e. The molecule has 0 saturated heterocycles. The maximum atomic E-state index is 4.21. The van der Waals surface area contributed by atoms with E-state index < -0.39 is 5.41 Å². The first-order valence-corrected chi connectivity index (χ1v) is 17.5. The zero-order valence-electron chi connectivity index (χ0n) is 28.3. The summed E-state index contributed by atoms with van der Waals surface area (Å²) in [6.07, 6.45) is 18.8. The van der Waals surface area contributed by atoms with Crippen LogP contribution in [0.4, 0.5) is 0 Å². The highest BCUT2D eigenvalue weighted by Gasteiger charge is 2.47. The molecule has 0 aliphatic heterocycles. The van der Waals surface area contributed by atoms with Gasteiger partial charge in [0.15, 0.2) is 0 Å². The zero-order valence-corrected chi connectivity index (χ0v) is 28.3. The van der Waals surface area contributed by atoms with E-state index in [1.165, 1.54) is 83.5 Å². The number of benzene rings is 4. The van der Waals surface area contributed by atoms with E-state index in [2.05, 4.69) is 137 Å². The fraction of sp³-hybridized carbons (Fsp3) is 0.234. The molecule has 0 amide bonds. The van der Waals surface area contributed by atoms with Crippen molar-refractivity contribution in [2.75, 3.05) is 0 Å². The number of aryl methyl sites for hydroxylation is 1. The van der Waals surface area contributed by atoms with Crippen molar-refractivity contribution in [1.29, 1.82) is 0 Å². The van der Waals surface area contributed by atoms with Gasteiger partial charge in [-0.05, 0) is 136 Å². The van der Waals surface area contributed by atoms with Crippen molar-refractivity contribution in [3.05, 3.63) is 195 Å². The standard InChI is InChI=1S/C47H46/c1-6-18-40-35(19-17-26-41(40)38(8-3)32(4)7-2)30-34-27-28-43-44(31-34)47(36-20-11-9-12-21-36,37-22-13-10-14-23-37)45-29-33(5)39-24-15-16-25-42(39)46(43)45/h7-14,16,19-23,25,27-29,31H,2-3,6,15,17-18,24,26,30H2,1,4-5H3/b38-32+. The van der Waals surface area contributed by atoms with Crippen molar-refractivity contribution < 1.29 is 0 Å². The second-order valence-electron chi connectivity index (χ2n) is 13.5. The van der Waals surface area contributed by atoms with Gasteiger partial charge in [-0.1, -0.05) is 142 Å². The summed E-state index contributed by atoms with van der Waals surface area (Å²) in [6, 6.07) is 32.4. The van der Waals surface area contributed by atoms with Gasteiger partial charge in [0.2, 0.25) is 0 Å². The molecule has 0 heteroatoms. The van der Waals surface area contributed by atoms with Crippen molar-refractivity contribution in [2.24, 2.45) is 0 Å². The molecule has 0 radical (unpaired) electrons. The first kappa shape index (κ1) is 30.9. The molecule has 0 aromatic heterocycles. The third-order valence-electron chi connectivity index (χ3n) is 10.8. The summed E-state index contributed by atoms with van der Waals surface area (Å²) < 4.78 is 0. The predicted molar refractivity (Wildman–Crippen MR) is 202 cm³/mol. The SMILES string of the molecule is C=C/C(C)=C(\C=C)C1=C(CCC)C(Cc2ccc3c(c2)C(c2ccccc2)(c2ccccc2)c2cc(C)c4c(c2-3)C=CCC4)=CCC1. The van der Waals surface area contributed by atoms with Crippen molar-refractivity contribution in [2.45, 2.75) is 71.1 Å². The topological polar surface area (TPSA) is 0 Å². The minimum absolute atomic E-state index is 0.401. The Labute approximate surface area is 282 Å². The molecule has 0 N–H and O–H groups in total. The highest BCUT2D eigenvalue weighted by molar-refractivity contribution is 5.93. The van der Waals surface area contributed by atoms with Gasteiger partial charge >= 0.3 is 0 Å². The molecule has 7 rings (SSSR count). The molecule has 3 aliphatic rings. The Morgan fingerprint density at radius 1 is 0.830 bits per heavy atom. The summed E-state index contributed by atoms with van der Waals surface area (Å²) in [7, 11) is 0. The lowest BCUT2D eigenvalue weighted by Crippen LogP contribution is -2.29. The monoisotopic (exact) mass is 610 g/mol. The largest absolute Gasteiger partial charge is 0.0988 e. The van der Waals surface area contributed by atoms with E-state index in [0.29, 0.717) is 0 Å². The molecule has 47 heavy (non-hydrogen) atoms. The molecule has 0 nitrogen and oxygen atoms in total. The number of hydrogen-bond acceptors (Lipinski definition) is 0. The van der Waals surface area contributed by atoms with E-state index in [1.807, 2.05) is 12.2 Å². The van der Waals surface area contributed by atoms with Gasteiger partial charge in [0, 0.05) is 0 Å². The van der Waals surface area contributed by atoms with Gasteiger partial charge in [-0.25, -0.2) is 0 Å². The Morgan fingerprint density at radius 2 is 1.55 bits per heavy atom. The Kier molecular flexibility index (Phi) is 8.46. The minimum Gasteiger partial charge on any atom is -0.0988 e. The number of hydrogen-bond donors (Lipinski definition) is 0. The fourth-order valence-electron chi connectivity index (χ4n) is 8.70. The van der Waals surface area contributed by atoms with Gasteiger partial charge < -0.3 is 0 Å². The Bertz CT molecular complexity index is 1950. The third-order valence-corrected chi connectivity index (χ3v) is 10.8. The molecule has 234 valence electrons. The highest BCUT2D eigenvalue weighted by atomic mass is 14.5. The molecule has 0 unspecified atom stereocenters. The van der Waals surface area contributed by atoms with E-state index in [4.69, 9.17) is 0 Å². The molecular formula is C47H46. The maximum Gasteiger partial charge on any atom is 0.0713 e. The van der Waals surface area contributed by atoms with Crippen LogP contribution in [0.1, 0.15) is 90.5 Å². The molecule has 0 saturated carbocycles. The molecule has 0 fully saturated rings. The average molecular weight is 611 g/mol. The van der Waals surface area contributed by atoms with Crippen LogP contribution in [-0.2, 0) is 18.3 Å². The van der Waals surface area contributed by atoms with Crippen molar-refractivity contribution in [1.82, 2.24) is 0 Å². The van der Waals surface area contributed by atoms with Gasteiger partial charge in [-0.2, -0.15) is 0 Å². The van der Waals surface area contributed by atoms with Crippen LogP contribution >= 0.6 is 0 Å². The van der Waals surface area contributed by atoms with E-state index in [1.54, 1.807) is 0 Å². The van der Waals surface area contributed by atoms with E-state index in [0.717, 1.165) is 44.9 Å². The van der Waals surface area contributed by atoms with Crippen LogP contribution in [-0.4, -0.2) is 0 Å². The summed E-state index contributed by atoms with van der Waals surface area (Å²) in [5.74, 6) is 0. The normalized spacial score (nSPS) is 16.5. The molecule has 4 aromatic rings. The van der Waals surface area contributed by atoms with Crippen LogP contribution < -0.4 is 0 Å². The maximum absolute atomic E-state index is 4.21. The minimum atomic E-state index is -0.401. The third kappa shape index (κ3) is 5.06. The molecule has 0 bridgehead atoms. The van der Waals surface area contributed by atoms with E-state index in [-0.39, 0.29) is 0 Å². The lowest BCUT2D eigenvalue weighted by molar-refractivity contribution is 0.764. The van der Waals surface area contributed by atoms with E-state index in [9.17, 15) is 0 Å². The summed E-state index contributed by atoms with van der Waals surface area (Å²) in [6.45, 7) is 15.1. The lowest BCUT2D eigenvalue weighted by atomic mass is 9.67. The van der Waals surface area contributed by atoms with E-state index >= 15 is 0 Å². The molecule has 0 heterocycles. The molecular weight excluding hydrogens is 565 g/mol. The van der Waals surface area contributed by atoms with Crippen LogP contribution in [0.3, 0.4) is 0 Å². The van der Waals surface area contributed by atoms with Crippen LogP contribution in [0.5, 0.6) is 0 Å². The summed E-state index contributed by atoms with van der Waals surface area (Å²) in [5, 5.41) is 0. The van der Waals surface area contributed by atoms with Gasteiger partial charge in [-0.15, -0.1) is 0 Å². The van der Waals surface area contributed by atoms with Gasteiger partial charge in [0.05, 0.1) is 5.41 Å². The van der Waals surface area contributed by atoms with Crippen LogP contribution in [0.15, 0.2) is 150 Å². The first-order chi connectivity index (χ1) is 23.0. The van der Waals surface area contributed by atoms with Gasteiger partial charge in [0.25, 0.3) is 0 Å². The van der Waals surface area contributed by atoms with Gasteiger partial charge in [0.1, 0.15) is 0 Å². The fourth-order valence-corrected chi connectivity index (χ4v) is 8.70.